The minimum atomic E-state index is -0.0266. The molecule has 0 spiro atoms. The molecule has 0 bridgehead atoms. The van der Waals surface area contributed by atoms with Crippen molar-refractivity contribution in [2.45, 2.75) is 18.8 Å². The molecule has 4 heterocycles. The minimum Gasteiger partial charge on any atom is -0.337 e. The van der Waals surface area contributed by atoms with Crippen molar-refractivity contribution >= 4 is 5.91 Å². The summed E-state index contributed by atoms with van der Waals surface area (Å²) in [5, 5.41) is 4.24. The first-order chi connectivity index (χ1) is 12.6. The standard InChI is InChI=1S/C18H21N7O/c1-23-12-19-10-15(23)17-16(20-6-7-21-17)13-4-3-8-25(11-13)18(26)14-5-9-24(2)22-14/h5-7,9-10,12-13H,3-4,8,11H2,1-2H3. The van der Waals surface area contributed by atoms with Gasteiger partial charge in [-0.1, -0.05) is 0 Å². The summed E-state index contributed by atoms with van der Waals surface area (Å²) in [4.78, 5) is 28.0. The quantitative estimate of drug-likeness (QED) is 0.716. The molecule has 4 rings (SSSR count). The van der Waals surface area contributed by atoms with E-state index in [1.54, 1.807) is 41.9 Å². The number of rotatable bonds is 3. The number of imidazole rings is 1. The number of hydrogen-bond donors (Lipinski definition) is 0. The van der Waals surface area contributed by atoms with Gasteiger partial charge in [0.25, 0.3) is 5.91 Å². The molecule has 1 saturated heterocycles. The number of hydrogen-bond acceptors (Lipinski definition) is 5. The van der Waals surface area contributed by atoms with E-state index in [0.717, 1.165) is 36.5 Å². The Balaban J connectivity index is 1.61. The van der Waals surface area contributed by atoms with Crippen LogP contribution in [0.2, 0.25) is 0 Å². The highest BCUT2D eigenvalue weighted by Gasteiger charge is 2.29. The highest BCUT2D eigenvalue weighted by atomic mass is 16.2. The zero-order valence-electron chi connectivity index (χ0n) is 14.9. The first-order valence-electron chi connectivity index (χ1n) is 8.70. The Bertz CT molecular complexity index is 929. The van der Waals surface area contributed by atoms with Crippen molar-refractivity contribution in [3.8, 4) is 11.4 Å². The Labute approximate surface area is 151 Å². The Morgan fingerprint density at radius 1 is 1.23 bits per heavy atom. The molecule has 1 aliphatic rings. The van der Waals surface area contributed by atoms with Crippen molar-refractivity contribution in [1.29, 1.82) is 0 Å². The van der Waals surface area contributed by atoms with E-state index in [9.17, 15) is 4.79 Å². The second-order valence-electron chi connectivity index (χ2n) is 6.64. The van der Waals surface area contributed by atoms with Crippen LogP contribution in [0.5, 0.6) is 0 Å². The first-order valence-corrected chi connectivity index (χ1v) is 8.70. The van der Waals surface area contributed by atoms with Crippen LogP contribution in [0.15, 0.2) is 37.2 Å². The molecule has 1 unspecified atom stereocenters. The third-order valence-electron chi connectivity index (χ3n) is 4.81. The number of carbonyl (C=O) groups excluding carboxylic acids is 1. The van der Waals surface area contributed by atoms with Gasteiger partial charge in [-0.25, -0.2) is 4.98 Å². The van der Waals surface area contributed by atoms with E-state index in [-0.39, 0.29) is 11.8 Å². The lowest BCUT2D eigenvalue weighted by molar-refractivity contribution is 0.0699. The van der Waals surface area contributed by atoms with Crippen LogP contribution in [0.3, 0.4) is 0 Å². The summed E-state index contributed by atoms with van der Waals surface area (Å²) in [6, 6.07) is 1.76. The maximum absolute atomic E-state index is 12.8. The summed E-state index contributed by atoms with van der Waals surface area (Å²) in [5.41, 5.74) is 3.18. The summed E-state index contributed by atoms with van der Waals surface area (Å²) in [5.74, 6) is 0.122. The van der Waals surface area contributed by atoms with Gasteiger partial charge in [0.2, 0.25) is 0 Å². The smallest absolute Gasteiger partial charge is 0.274 e. The lowest BCUT2D eigenvalue weighted by atomic mass is 9.92. The Hall–Kier alpha value is -3.03. The van der Waals surface area contributed by atoms with E-state index >= 15 is 0 Å². The van der Waals surface area contributed by atoms with Crippen LogP contribution in [-0.4, -0.2) is 53.2 Å². The molecule has 0 radical (unpaired) electrons. The second-order valence-corrected chi connectivity index (χ2v) is 6.64. The molecule has 3 aromatic rings. The highest BCUT2D eigenvalue weighted by Crippen LogP contribution is 2.31. The molecule has 1 amide bonds. The Kier molecular flexibility index (Phi) is 4.24. The molecule has 3 aromatic heterocycles. The fourth-order valence-electron chi connectivity index (χ4n) is 3.51. The molecule has 1 fully saturated rings. The number of amides is 1. The third kappa shape index (κ3) is 2.98. The van der Waals surface area contributed by atoms with Crippen LogP contribution >= 0.6 is 0 Å². The molecule has 1 aliphatic heterocycles. The third-order valence-corrected chi connectivity index (χ3v) is 4.81. The van der Waals surface area contributed by atoms with Gasteiger partial charge in [0, 0.05) is 51.7 Å². The zero-order valence-corrected chi connectivity index (χ0v) is 14.9. The topological polar surface area (TPSA) is 81.7 Å². The van der Waals surface area contributed by atoms with Gasteiger partial charge in [0.05, 0.1) is 23.9 Å². The van der Waals surface area contributed by atoms with Crippen LogP contribution in [0.1, 0.15) is 34.9 Å². The molecule has 0 N–H and O–H groups in total. The van der Waals surface area contributed by atoms with Gasteiger partial charge in [0.1, 0.15) is 11.4 Å². The number of carbonyl (C=O) groups is 1. The van der Waals surface area contributed by atoms with E-state index in [1.807, 2.05) is 23.6 Å². The van der Waals surface area contributed by atoms with Gasteiger partial charge in [-0.2, -0.15) is 5.10 Å². The predicted octanol–water partition coefficient (Wildman–Crippen LogP) is 1.63. The van der Waals surface area contributed by atoms with E-state index in [1.165, 1.54) is 0 Å². The largest absolute Gasteiger partial charge is 0.337 e. The molecule has 134 valence electrons. The maximum Gasteiger partial charge on any atom is 0.274 e. The molecule has 0 aliphatic carbocycles. The van der Waals surface area contributed by atoms with Crippen molar-refractivity contribution in [2.24, 2.45) is 14.1 Å². The molecule has 0 aromatic carbocycles. The second kappa shape index (κ2) is 6.70. The zero-order chi connectivity index (χ0) is 18.1. The molecule has 1 atom stereocenters. The van der Waals surface area contributed by atoms with Crippen molar-refractivity contribution in [3.05, 3.63) is 48.6 Å². The van der Waals surface area contributed by atoms with Crippen LogP contribution in [0, 0.1) is 0 Å². The molecule has 0 saturated carbocycles. The van der Waals surface area contributed by atoms with Crippen LogP contribution < -0.4 is 0 Å². The lowest BCUT2D eigenvalue weighted by Crippen LogP contribution is -2.39. The Morgan fingerprint density at radius 3 is 2.81 bits per heavy atom. The number of piperidine rings is 1. The normalized spacial score (nSPS) is 17.5. The van der Waals surface area contributed by atoms with Gasteiger partial charge >= 0.3 is 0 Å². The monoisotopic (exact) mass is 351 g/mol. The van der Waals surface area contributed by atoms with Gasteiger partial charge in [0.15, 0.2) is 0 Å². The van der Waals surface area contributed by atoms with Gasteiger partial charge in [-0.05, 0) is 18.9 Å². The van der Waals surface area contributed by atoms with Gasteiger partial charge in [-0.15, -0.1) is 0 Å². The minimum absolute atomic E-state index is 0.0266. The van der Waals surface area contributed by atoms with Crippen molar-refractivity contribution in [3.63, 3.8) is 0 Å². The summed E-state index contributed by atoms with van der Waals surface area (Å²) in [6.07, 6.45) is 10.7. The van der Waals surface area contributed by atoms with Crippen LogP contribution in [0.4, 0.5) is 0 Å². The van der Waals surface area contributed by atoms with Crippen molar-refractivity contribution in [1.82, 2.24) is 34.2 Å². The summed E-state index contributed by atoms with van der Waals surface area (Å²) >= 11 is 0. The highest BCUT2D eigenvalue weighted by molar-refractivity contribution is 5.92. The molecule has 8 heteroatoms. The van der Waals surface area contributed by atoms with Crippen LogP contribution in [-0.2, 0) is 14.1 Å². The molecular formula is C18H21N7O. The lowest BCUT2D eigenvalue weighted by Gasteiger charge is -2.32. The maximum atomic E-state index is 12.8. The SMILES string of the molecule is Cn1ccc(C(=O)N2CCCC(c3nccnc3-c3cncn3C)C2)n1. The summed E-state index contributed by atoms with van der Waals surface area (Å²) in [7, 11) is 3.76. The van der Waals surface area contributed by atoms with Crippen LogP contribution in [0.25, 0.3) is 11.4 Å². The fraction of sp³-hybridized carbons (Fsp3) is 0.389. The van der Waals surface area contributed by atoms with E-state index in [4.69, 9.17) is 0 Å². The number of likely N-dealkylation sites (tertiary alicyclic amines) is 1. The molecular weight excluding hydrogens is 330 g/mol. The molecule has 8 nitrogen and oxygen atoms in total. The number of nitrogens with zero attached hydrogens (tertiary/aromatic N) is 7. The number of aromatic nitrogens is 6. The first kappa shape index (κ1) is 16.4. The van der Waals surface area contributed by atoms with E-state index in [2.05, 4.69) is 20.1 Å². The number of aryl methyl sites for hydroxylation is 2. The summed E-state index contributed by atoms with van der Waals surface area (Å²) in [6.45, 7) is 1.37. The molecule has 26 heavy (non-hydrogen) atoms. The van der Waals surface area contributed by atoms with Gasteiger partial charge < -0.3 is 9.47 Å². The fourth-order valence-corrected chi connectivity index (χ4v) is 3.51. The van der Waals surface area contributed by atoms with E-state index in [0.29, 0.717) is 12.2 Å². The van der Waals surface area contributed by atoms with Gasteiger partial charge in [-0.3, -0.25) is 19.4 Å². The van der Waals surface area contributed by atoms with Crippen molar-refractivity contribution in [2.75, 3.05) is 13.1 Å². The predicted molar refractivity (Wildman–Crippen MR) is 95.3 cm³/mol. The Morgan fingerprint density at radius 2 is 2.08 bits per heavy atom. The summed E-state index contributed by atoms with van der Waals surface area (Å²) < 4.78 is 3.59. The van der Waals surface area contributed by atoms with Crippen molar-refractivity contribution < 1.29 is 4.79 Å². The average molecular weight is 351 g/mol. The average Bonchev–Trinajstić information content (AvgIpc) is 3.29. The van der Waals surface area contributed by atoms with E-state index < -0.39 is 0 Å².